The number of benzene rings is 1. The van der Waals surface area contributed by atoms with Crippen molar-refractivity contribution in [3.05, 3.63) is 35.4 Å². The SMILES string of the molecule is CC(N)C1CCN(S(=O)(=O)Cc2ccc(C#N)cc2)CC1. The summed E-state index contributed by atoms with van der Waals surface area (Å²) in [6.45, 7) is 3.07. The van der Waals surface area contributed by atoms with Crippen molar-refractivity contribution in [1.82, 2.24) is 4.31 Å². The van der Waals surface area contributed by atoms with E-state index in [1.165, 1.54) is 0 Å². The van der Waals surface area contributed by atoms with E-state index in [4.69, 9.17) is 11.0 Å². The van der Waals surface area contributed by atoms with E-state index in [1.54, 1.807) is 28.6 Å². The molecule has 0 bridgehead atoms. The quantitative estimate of drug-likeness (QED) is 0.912. The van der Waals surface area contributed by atoms with Gasteiger partial charge in [-0.15, -0.1) is 0 Å². The number of nitrogens with two attached hydrogens (primary N) is 1. The Hall–Kier alpha value is -1.42. The van der Waals surface area contributed by atoms with E-state index in [2.05, 4.69) is 0 Å². The second-order valence-electron chi connectivity index (χ2n) is 5.66. The summed E-state index contributed by atoms with van der Waals surface area (Å²) in [5, 5.41) is 8.75. The van der Waals surface area contributed by atoms with E-state index in [-0.39, 0.29) is 11.8 Å². The Labute approximate surface area is 126 Å². The topological polar surface area (TPSA) is 87.2 Å². The maximum absolute atomic E-state index is 12.4. The van der Waals surface area contributed by atoms with Crippen LogP contribution in [0.2, 0.25) is 0 Å². The van der Waals surface area contributed by atoms with E-state index in [0.717, 1.165) is 12.8 Å². The van der Waals surface area contributed by atoms with Gasteiger partial charge in [0.05, 0.1) is 17.4 Å². The normalized spacial score (nSPS) is 19.1. The summed E-state index contributed by atoms with van der Waals surface area (Å²) in [6.07, 6.45) is 1.65. The van der Waals surface area contributed by atoms with Crippen LogP contribution in [0.15, 0.2) is 24.3 Å². The first-order chi connectivity index (χ1) is 9.92. The van der Waals surface area contributed by atoms with Crippen molar-refractivity contribution in [2.24, 2.45) is 11.7 Å². The molecule has 1 fully saturated rings. The van der Waals surface area contributed by atoms with Crippen molar-refractivity contribution in [2.45, 2.75) is 31.6 Å². The van der Waals surface area contributed by atoms with Gasteiger partial charge in [-0.2, -0.15) is 5.26 Å². The monoisotopic (exact) mass is 307 g/mol. The highest BCUT2D eigenvalue weighted by atomic mass is 32.2. The van der Waals surface area contributed by atoms with Crippen molar-refractivity contribution < 1.29 is 8.42 Å². The molecule has 0 radical (unpaired) electrons. The van der Waals surface area contributed by atoms with Crippen molar-refractivity contribution in [1.29, 1.82) is 5.26 Å². The number of nitriles is 1. The second-order valence-corrected chi connectivity index (χ2v) is 7.63. The Balaban J connectivity index is 2.00. The van der Waals surface area contributed by atoms with Crippen LogP contribution in [0.3, 0.4) is 0 Å². The third-order valence-electron chi connectivity index (χ3n) is 4.07. The fourth-order valence-corrected chi connectivity index (χ4v) is 4.22. The van der Waals surface area contributed by atoms with E-state index in [0.29, 0.717) is 30.1 Å². The molecule has 0 amide bonds. The van der Waals surface area contributed by atoms with Gasteiger partial charge in [-0.25, -0.2) is 12.7 Å². The second kappa shape index (κ2) is 6.56. The highest BCUT2D eigenvalue weighted by molar-refractivity contribution is 7.88. The maximum atomic E-state index is 12.4. The molecule has 1 aromatic carbocycles. The van der Waals surface area contributed by atoms with E-state index < -0.39 is 10.0 Å². The predicted molar refractivity (Wildman–Crippen MR) is 81.7 cm³/mol. The summed E-state index contributed by atoms with van der Waals surface area (Å²) >= 11 is 0. The van der Waals surface area contributed by atoms with Crippen LogP contribution in [0.5, 0.6) is 0 Å². The summed E-state index contributed by atoms with van der Waals surface area (Å²) in [7, 11) is -3.30. The number of hydrogen-bond acceptors (Lipinski definition) is 4. The molecule has 1 saturated heterocycles. The van der Waals surface area contributed by atoms with Gasteiger partial charge >= 0.3 is 0 Å². The Bertz CT molecular complexity index is 609. The van der Waals surface area contributed by atoms with Crippen molar-refractivity contribution in [2.75, 3.05) is 13.1 Å². The Kier molecular flexibility index (Phi) is 4.99. The lowest BCUT2D eigenvalue weighted by atomic mass is 9.92. The largest absolute Gasteiger partial charge is 0.328 e. The van der Waals surface area contributed by atoms with Gasteiger partial charge in [0.25, 0.3) is 0 Å². The minimum atomic E-state index is -3.30. The van der Waals surface area contributed by atoms with Crippen LogP contribution in [0.4, 0.5) is 0 Å². The molecule has 0 aromatic heterocycles. The average Bonchev–Trinajstić information content (AvgIpc) is 2.48. The predicted octanol–water partition coefficient (Wildman–Crippen LogP) is 1.45. The van der Waals surface area contributed by atoms with Gasteiger partial charge < -0.3 is 5.73 Å². The molecule has 1 atom stereocenters. The van der Waals surface area contributed by atoms with Crippen LogP contribution < -0.4 is 5.73 Å². The van der Waals surface area contributed by atoms with Crippen LogP contribution in [-0.4, -0.2) is 31.9 Å². The zero-order valence-corrected chi connectivity index (χ0v) is 13.0. The average molecular weight is 307 g/mol. The van der Waals surface area contributed by atoms with E-state index >= 15 is 0 Å². The number of nitrogens with zero attached hydrogens (tertiary/aromatic N) is 2. The fraction of sp³-hybridized carbons (Fsp3) is 0.533. The molecule has 21 heavy (non-hydrogen) atoms. The van der Waals surface area contributed by atoms with Gasteiger partial charge in [0.2, 0.25) is 10.0 Å². The summed E-state index contributed by atoms with van der Waals surface area (Å²) in [6, 6.07) is 8.83. The van der Waals surface area contributed by atoms with Crippen molar-refractivity contribution in [3.63, 3.8) is 0 Å². The van der Waals surface area contributed by atoms with Crippen LogP contribution in [0.25, 0.3) is 0 Å². The van der Waals surface area contributed by atoms with Gasteiger partial charge in [0.1, 0.15) is 0 Å². The first-order valence-electron chi connectivity index (χ1n) is 7.15. The summed E-state index contributed by atoms with van der Waals surface area (Å²) in [5.74, 6) is 0.396. The lowest BCUT2D eigenvalue weighted by Crippen LogP contribution is -2.42. The minimum Gasteiger partial charge on any atom is -0.328 e. The van der Waals surface area contributed by atoms with Gasteiger partial charge in [0, 0.05) is 19.1 Å². The van der Waals surface area contributed by atoms with Gasteiger partial charge in [-0.05, 0) is 43.4 Å². The molecule has 5 nitrogen and oxygen atoms in total. The first-order valence-corrected chi connectivity index (χ1v) is 8.76. The lowest BCUT2D eigenvalue weighted by Gasteiger charge is -2.33. The molecule has 1 heterocycles. The smallest absolute Gasteiger partial charge is 0.218 e. The van der Waals surface area contributed by atoms with Gasteiger partial charge in [-0.1, -0.05) is 12.1 Å². The third-order valence-corrected chi connectivity index (χ3v) is 5.92. The first kappa shape index (κ1) is 16.0. The molecule has 1 aromatic rings. The highest BCUT2D eigenvalue weighted by Crippen LogP contribution is 2.23. The number of hydrogen-bond donors (Lipinski definition) is 1. The van der Waals surface area contributed by atoms with Gasteiger partial charge in [-0.3, -0.25) is 0 Å². The summed E-state index contributed by atoms with van der Waals surface area (Å²) in [4.78, 5) is 0. The van der Waals surface area contributed by atoms with Crippen LogP contribution >= 0.6 is 0 Å². The maximum Gasteiger partial charge on any atom is 0.218 e. The molecule has 2 N–H and O–H groups in total. The zero-order valence-electron chi connectivity index (χ0n) is 12.2. The number of rotatable bonds is 4. The van der Waals surface area contributed by atoms with Crippen molar-refractivity contribution in [3.8, 4) is 6.07 Å². The summed E-state index contributed by atoms with van der Waals surface area (Å²) < 4.78 is 26.4. The van der Waals surface area contributed by atoms with Gasteiger partial charge in [0.15, 0.2) is 0 Å². The van der Waals surface area contributed by atoms with E-state index in [9.17, 15) is 8.42 Å². The number of sulfonamides is 1. The Morgan fingerprint density at radius 1 is 1.33 bits per heavy atom. The molecule has 0 saturated carbocycles. The molecule has 1 unspecified atom stereocenters. The number of piperidine rings is 1. The lowest BCUT2D eigenvalue weighted by molar-refractivity contribution is 0.250. The fourth-order valence-electron chi connectivity index (χ4n) is 2.66. The van der Waals surface area contributed by atoms with Crippen LogP contribution in [-0.2, 0) is 15.8 Å². The standard InChI is InChI=1S/C15H21N3O2S/c1-12(17)15-6-8-18(9-7-15)21(19,20)11-14-4-2-13(10-16)3-5-14/h2-5,12,15H,6-9,11,17H2,1H3. The summed E-state index contributed by atoms with van der Waals surface area (Å²) in [5.41, 5.74) is 7.13. The minimum absolute atomic E-state index is 0.0123. The molecule has 114 valence electrons. The molecule has 0 spiro atoms. The van der Waals surface area contributed by atoms with E-state index in [1.807, 2.05) is 13.0 Å². The molecule has 2 rings (SSSR count). The molecule has 0 aliphatic carbocycles. The molecular formula is C15H21N3O2S. The Morgan fingerprint density at radius 2 is 1.90 bits per heavy atom. The molecule has 6 heteroatoms. The highest BCUT2D eigenvalue weighted by Gasteiger charge is 2.29. The van der Waals surface area contributed by atoms with Crippen LogP contribution in [0.1, 0.15) is 30.9 Å². The molecule has 1 aliphatic heterocycles. The Morgan fingerprint density at radius 3 is 2.38 bits per heavy atom. The van der Waals surface area contributed by atoms with Crippen LogP contribution in [0, 0.1) is 17.2 Å². The van der Waals surface area contributed by atoms with Crippen molar-refractivity contribution >= 4 is 10.0 Å². The molecule has 1 aliphatic rings. The molecular weight excluding hydrogens is 286 g/mol. The zero-order chi connectivity index (χ0) is 15.5. The third kappa shape index (κ3) is 4.03.